The summed E-state index contributed by atoms with van der Waals surface area (Å²) in [6.45, 7) is 4.08. The van der Waals surface area contributed by atoms with E-state index in [0.29, 0.717) is 0 Å². The highest BCUT2D eigenvalue weighted by Crippen LogP contribution is 2.21. The lowest BCUT2D eigenvalue weighted by atomic mass is 10.1. The van der Waals surface area contributed by atoms with Crippen LogP contribution in [-0.4, -0.2) is 58.8 Å². The van der Waals surface area contributed by atoms with E-state index < -0.39 is 0 Å². The molecule has 2 rings (SSSR count). The van der Waals surface area contributed by atoms with Gasteiger partial charge in [0.15, 0.2) is 5.11 Å². The zero-order chi connectivity index (χ0) is 14.9. The number of hydrogen-bond donors (Lipinski definition) is 0. The first-order valence-corrected chi connectivity index (χ1v) is 7.14. The first-order valence-electron chi connectivity index (χ1n) is 6.73. The second-order valence-electron chi connectivity index (χ2n) is 4.93. The van der Waals surface area contributed by atoms with Gasteiger partial charge >= 0.3 is 0 Å². The summed E-state index contributed by atoms with van der Waals surface area (Å²) in [6.07, 6.45) is 5.62. The number of likely N-dealkylation sites (N-methyl/N-ethyl adjacent to an activating group) is 2. The van der Waals surface area contributed by atoms with E-state index in [1.165, 1.54) is 15.5 Å². The van der Waals surface area contributed by atoms with Crippen molar-refractivity contribution in [2.75, 3.05) is 27.2 Å². The Morgan fingerprint density at radius 3 is 2.30 bits per heavy atom. The predicted octanol–water partition coefficient (Wildman–Crippen LogP) is 1.13. The van der Waals surface area contributed by atoms with Crippen LogP contribution in [-0.2, 0) is 9.59 Å². The van der Waals surface area contributed by atoms with Gasteiger partial charge in [-0.1, -0.05) is 0 Å². The highest BCUT2D eigenvalue weighted by atomic mass is 32.1. The minimum absolute atomic E-state index is 0.166. The number of carbonyl (C=O) groups excluding carboxylic acids is 2. The standard InChI is InChI=1S/C14H19N3O2S/c1-4-17-9-5-6-10(17)7-8-11-12(18)15(2)14(20)16(3)13(11)19/h7-8H,4-6,9H2,1-3H3/b10-7-. The van der Waals surface area contributed by atoms with E-state index in [1.54, 1.807) is 20.2 Å². The summed E-state index contributed by atoms with van der Waals surface area (Å²) in [5, 5.41) is 0.237. The Morgan fingerprint density at radius 1 is 1.15 bits per heavy atom. The van der Waals surface area contributed by atoms with Crippen LogP contribution < -0.4 is 0 Å². The molecule has 2 fully saturated rings. The third kappa shape index (κ3) is 2.47. The third-order valence-electron chi connectivity index (χ3n) is 3.74. The van der Waals surface area contributed by atoms with Crippen molar-refractivity contribution in [2.45, 2.75) is 19.8 Å². The van der Waals surface area contributed by atoms with E-state index in [1.807, 2.05) is 6.08 Å². The largest absolute Gasteiger partial charge is 0.375 e. The van der Waals surface area contributed by atoms with Crippen molar-refractivity contribution in [1.29, 1.82) is 0 Å². The van der Waals surface area contributed by atoms with Crippen LogP contribution in [0.25, 0.3) is 0 Å². The Bertz CT molecular complexity index is 499. The van der Waals surface area contributed by atoms with Crippen molar-refractivity contribution >= 4 is 29.1 Å². The van der Waals surface area contributed by atoms with Crippen LogP contribution in [0, 0.1) is 0 Å². The molecule has 0 aromatic rings. The molecule has 0 aromatic carbocycles. The van der Waals surface area contributed by atoms with E-state index in [4.69, 9.17) is 12.2 Å². The van der Waals surface area contributed by atoms with E-state index in [2.05, 4.69) is 11.8 Å². The van der Waals surface area contributed by atoms with Gasteiger partial charge in [0.25, 0.3) is 11.8 Å². The summed E-state index contributed by atoms with van der Waals surface area (Å²) in [5.41, 5.74) is 1.35. The molecule has 0 aromatic heterocycles. The summed E-state index contributed by atoms with van der Waals surface area (Å²) in [6, 6.07) is 0. The molecule has 0 aliphatic carbocycles. The van der Waals surface area contributed by atoms with Gasteiger partial charge in [-0.25, -0.2) is 0 Å². The van der Waals surface area contributed by atoms with Gasteiger partial charge in [-0.3, -0.25) is 19.4 Å². The molecule has 2 saturated heterocycles. The summed E-state index contributed by atoms with van der Waals surface area (Å²) in [4.78, 5) is 29.2. The Hall–Kier alpha value is -1.69. The molecular formula is C14H19N3O2S. The average molecular weight is 293 g/mol. The number of thiocarbonyl (C=S) groups is 1. The maximum atomic E-state index is 12.1. The van der Waals surface area contributed by atoms with E-state index in [-0.39, 0.29) is 22.5 Å². The number of allylic oxidation sites excluding steroid dienone is 3. The number of hydrogen-bond acceptors (Lipinski definition) is 4. The van der Waals surface area contributed by atoms with Gasteiger partial charge in [-0.05, 0) is 44.1 Å². The topological polar surface area (TPSA) is 43.9 Å². The fraction of sp³-hybridized carbons (Fsp3) is 0.500. The van der Waals surface area contributed by atoms with Gasteiger partial charge in [0.2, 0.25) is 0 Å². The van der Waals surface area contributed by atoms with Crippen molar-refractivity contribution in [3.63, 3.8) is 0 Å². The van der Waals surface area contributed by atoms with Crippen molar-refractivity contribution in [3.8, 4) is 0 Å². The Morgan fingerprint density at radius 2 is 1.75 bits per heavy atom. The molecule has 2 amide bonds. The van der Waals surface area contributed by atoms with Gasteiger partial charge in [0, 0.05) is 32.9 Å². The molecule has 2 heterocycles. The monoisotopic (exact) mass is 293 g/mol. The smallest absolute Gasteiger partial charge is 0.265 e. The van der Waals surface area contributed by atoms with E-state index in [9.17, 15) is 9.59 Å². The maximum absolute atomic E-state index is 12.1. The van der Waals surface area contributed by atoms with Crippen LogP contribution >= 0.6 is 12.2 Å². The van der Waals surface area contributed by atoms with Crippen molar-refractivity contribution in [1.82, 2.24) is 14.7 Å². The molecule has 0 spiro atoms. The molecular weight excluding hydrogens is 274 g/mol. The molecule has 6 heteroatoms. The lowest BCUT2D eigenvalue weighted by molar-refractivity contribution is -0.132. The van der Waals surface area contributed by atoms with E-state index in [0.717, 1.165) is 25.9 Å². The second-order valence-corrected chi connectivity index (χ2v) is 5.30. The van der Waals surface area contributed by atoms with Crippen LogP contribution in [0.5, 0.6) is 0 Å². The third-order valence-corrected chi connectivity index (χ3v) is 4.28. The van der Waals surface area contributed by atoms with Gasteiger partial charge in [-0.2, -0.15) is 0 Å². The zero-order valence-electron chi connectivity index (χ0n) is 12.0. The number of likely N-dealkylation sites (tertiary alicyclic amines) is 1. The van der Waals surface area contributed by atoms with Crippen molar-refractivity contribution in [3.05, 3.63) is 23.4 Å². The molecule has 0 saturated carbocycles. The predicted molar refractivity (Wildman–Crippen MR) is 80.8 cm³/mol. The molecule has 2 aliphatic heterocycles. The van der Waals surface area contributed by atoms with Crippen LogP contribution in [0.1, 0.15) is 19.8 Å². The quantitative estimate of drug-likeness (QED) is 0.435. The summed E-state index contributed by atoms with van der Waals surface area (Å²) in [7, 11) is 3.17. The summed E-state index contributed by atoms with van der Waals surface area (Å²) in [5.74, 6) is -0.674. The van der Waals surface area contributed by atoms with Crippen molar-refractivity contribution < 1.29 is 9.59 Å². The lowest BCUT2D eigenvalue weighted by Crippen LogP contribution is -2.52. The maximum Gasteiger partial charge on any atom is 0.265 e. The van der Waals surface area contributed by atoms with Gasteiger partial charge < -0.3 is 4.90 Å². The highest BCUT2D eigenvalue weighted by Gasteiger charge is 2.35. The van der Waals surface area contributed by atoms with Crippen LogP contribution in [0.4, 0.5) is 0 Å². The number of carbonyl (C=O) groups is 2. The molecule has 108 valence electrons. The fourth-order valence-electron chi connectivity index (χ4n) is 2.48. The molecule has 0 unspecified atom stereocenters. The second kappa shape index (κ2) is 5.75. The SMILES string of the molecule is CCN1CCC/C1=C/C=C1C(=O)N(C)C(=S)N(C)C1=O. The first kappa shape index (κ1) is 14.7. The van der Waals surface area contributed by atoms with E-state index >= 15 is 0 Å². The molecule has 0 bridgehead atoms. The molecule has 0 radical (unpaired) electrons. The van der Waals surface area contributed by atoms with Gasteiger partial charge in [-0.15, -0.1) is 0 Å². The summed E-state index contributed by atoms with van der Waals surface area (Å²) < 4.78 is 0. The number of nitrogens with zero attached hydrogens (tertiary/aromatic N) is 3. The molecule has 5 nitrogen and oxygen atoms in total. The molecule has 0 atom stereocenters. The minimum Gasteiger partial charge on any atom is -0.375 e. The van der Waals surface area contributed by atoms with Crippen LogP contribution in [0.3, 0.4) is 0 Å². The average Bonchev–Trinajstić information content (AvgIpc) is 2.90. The Balaban J connectivity index is 2.28. The lowest BCUT2D eigenvalue weighted by Gasteiger charge is -2.31. The minimum atomic E-state index is -0.337. The fourth-order valence-corrected chi connectivity index (χ4v) is 2.64. The Kier molecular flexibility index (Phi) is 4.23. The normalized spacial score (nSPS) is 22.4. The number of amides is 2. The molecule has 0 N–H and O–H groups in total. The van der Waals surface area contributed by atoms with Gasteiger partial charge in [0.1, 0.15) is 5.57 Å². The number of rotatable bonds is 2. The van der Waals surface area contributed by atoms with Gasteiger partial charge in [0.05, 0.1) is 0 Å². The first-order chi connectivity index (χ1) is 9.47. The summed E-state index contributed by atoms with van der Waals surface area (Å²) >= 11 is 5.05. The zero-order valence-corrected chi connectivity index (χ0v) is 12.9. The molecule has 20 heavy (non-hydrogen) atoms. The van der Waals surface area contributed by atoms with Crippen LogP contribution in [0.15, 0.2) is 23.4 Å². The van der Waals surface area contributed by atoms with Crippen LogP contribution in [0.2, 0.25) is 0 Å². The molecule has 2 aliphatic rings. The Labute approximate surface area is 124 Å². The van der Waals surface area contributed by atoms with Crippen molar-refractivity contribution in [2.24, 2.45) is 0 Å². The highest BCUT2D eigenvalue weighted by molar-refractivity contribution is 7.80.